The van der Waals surface area contributed by atoms with E-state index in [1.807, 2.05) is 0 Å². The topological polar surface area (TPSA) is 32.8 Å². The molecule has 2 aliphatic heterocycles. The summed E-state index contributed by atoms with van der Waals surface area (Å²) in [4.78, 5) is 16.5. The highest BCUT2D eigenvalue weighted by atomic mass is 19.4. The van der Waals surface area contributed by atoms with Crippen molar-refractivity contribution >= 4 is 5.91 Å². The minimum atomic E-state index is -4.48. The summed E-state index contributed by atoms with van der Waals surface area (Å²) in [7, 11) is 1.64. The number of fused-ring (bicyclic) bond motifs is 2. The molecule has 7 heteroatoms. The number of carbonyl (C=O) groups is 1. The second-order valence-corrected chi connectivity index (χ2v) is 7.29. The van der Waals surface area contributed by atoms with E-state index in [1.54, 1.807) is 7.05 Å². The predicted octanol–water partition coefficient (Wildman–Crippen LogP) is 3.27. The van der Waals surface area contributed by atoms with E-state index in [2.05, 4.69) is 18.7 Å². The number of likely N-dealkylation sites (tertiary alicyclic amines) is 1. The second kappa shape index (κ2) is 6.52. The van der Waals surface area contributed by atoms with E-state index < -0.39 is 17.6 Å². The maximum absolute atomic E-state index is 12.9. The van der Waals surface area contributed by atoms with Crippen molar-refractivity contribution < 1.29 is 22.7 Å². The summed E-state index contributed by atoms with van der Waals surface area (Å²) < 4.78 is 44.8. The Balaban J connectivity index is 1.84. The number of alkyl halides is 3. The van der Waals surface area contributed by atoms with Crippen molar-refractivity contribution in [3.05, 3.63) is 29.3 Å². The summed E-state index contributed by atoms with van der Waals surface area (Å²) in [5, 5.41) is 0. The quantitative estimate of drug-likeness (QED) is 0.833. The lowest BCUT2D eigenvalue weighted by Gasteiger charge is -2.25. The number of rotatable bonds is 3. The maximum Gasteiger partial charge on any atom is 0.416 e. The van der Waals surface area contributed by atoms with Gasteiger partial charge in [0.25, 0.3) is 5.91 Å². The molecule has 1 fully saturated rings. The molecule has 0 bridgehead atoms. The lowest BCUT2D eigenvalue weighted by molar-refractivity contribution is -0.137. The molecule has 0 aromatic heterocycles. The number of likely N-dealkylation sites (N-methyl/N-ethyl adjacent to an activating group) is 1. The standard InChI is InChI=1S/C18H23F3N2O2/c1-11(2)6-7-23-9-14-16(10-23)25-15-5-4-12(18(19,20)21)8-13(15)17(24)22(14)3/h4-5,8,11,14,16H,6-7,9-10H2,1-3H3. The average molecular weight is 356 g/mol. The Kier molecular flexibility index (Phi) is 4.70. The van der Waals surface area contributed by atoms with Crippen molar-refractivity contribution in [3.8, 4) is 5.75 Å². The molecular formula is C18H23F3N2O2. The van der Waals surface area contributed by atoms with E-state index in [-0.39, 0.29) is 23.5 Å². The van der Waals surface area contributed by atoms with Gasteiger partial charge >= 0.3 is 6.18 Å². The monoisotopic (exact) mass is 356 g/mol. The average Bonchev–Trinajstić information content (AvgIpc) is 2.90. The number of hydrogen-bond donors (Lipinski definition) is 0. The van der Waals surface area contributed by atoms with Gasteiger partial charge in [-0.1, -0.05) is 13.8 Å². The van der Waals surface area contributed by atoms with Crippen LogP contribution in [0.15, 0.2) is 18.2 Å². The number of ether oxygens (including phenoxy) is 1. The maximum atomic E-state index is 12.9. The van der Waals surface area contributed by atoms with Crippen LogP contribution < -0.4 is 4.74 Å². The molecule has 1 amide bonds. The first kappa shape index (κ1) is 18.0. The van der Waals surface area contributed by atoms with Gasteiger partial charge in [0.05, 0.1) is 17.2 Å². The van der Waals surface area contributed by atoms with E-state index in [4.69, 9.17) is 4.74 Å². The van der Waals surface area contributed by atoms with Crippen LogP contribution in [0.4, 0.5) is 13.2 Å². The van der Waals surface area contributed by atoms with Crippen LogP contribution in [0.5, 0.6) is 5.75 Å². The third kappa shape index (κ3) is 3.61. The molecular weight excluding hydrogens is 333 g/mol. The molecule has 2 heterocycles. The van der Waals surface area contributed by atoms with Crippen molar-refractivity contribution in [1.29, 1.82) is 0 Å². The fourth-order valence-corrected chi connectivity index (χ4v) is 3.42. The highest BCUT2D eigenvalue weighted by Crippen LogP contribution is 2.36. The Morgan fingerprint density at radius 3 is 2.64 bits per heavy atom. The predicted molar refractivity (Wildman–Crippen MR) is 87.6 cm³/mol. The Labute approximate surface area is 145 Å². The van der Waals surface area contributed by atoms with Gasteiger partial charge in [-0.2, -0.15) is 13.2 Å². The molecule has 1 saturated heterocycles. The zero-order valence-corrected chi connectivity index (χ0v) is 14.6. The Bertz CT molecular complexity index is 660. The van der Waals surface area contributed by atoms with Crippen molar-refractivity contribution in [2.75, 3.05) is 26.7 Å². The molecule has 1 aromatic rings. The van der Waals surface area contributed by atoms with Gasteiger partial charge in [-0.15, -0.1) is 0 Å². The Morgan fingerprint density at radius 1 is 1.28 bits per heavy atom. The molecule has 0 N–H and O–H groups in total. The minimum Gasteiger partial charge on any atom is -0.486 e. The van der Waals surface area contributed by atoms with Crippen LogP contribution in [0.2, 0.25) is 0 Å². The molecule has 4 nitrogen and oxygen atoms in total. The lowest BCUT2D eigenvalue weighted by atomic mass is 10.1. The number of halogens is 3. The summed E-state index contributed by atoms with van der Waals surface area (Å²) in [6.07, 6.45) is -3.65. The van der Waals surface area contributed by atoms with Crippen LogP contribution in [-0.2, 0) is 6.18 Å². The summed E-state index contributed by atoms with van der Waals surface area (Å²) in [5.74, 6) is 0.412. The molecule has 1 aromatic carbocycles. The molecule has 2 unspecified atom stereocenters. The number of hydrogen-bond acceptors (Lipinski definition) is 3. The SMILES string of the molecule is CC(C)CCN1CC2Oc3ccc(C(F)(F)F)cc3C(=O)N(C)C2C1. The largest absolute Gasteiger partial charge is 0.486 e. The van der Waals surface area contributed by atoms with Crippen molar-refractivity contribution in [3.63, 3.8) is 0 Å². The number of amides is 1. The van der Waals surface area contributed by atoms with E-state index in [0.29, 0.717) is 19.0 Å². The molecule has 0 aliphatic carbocycles. The molecule has 2 aliphatic rings. The van der Waals surface area contributed by atoms with Gasteiger partial charge in [-0.25, -0.2) is 0 Å². The highest BCUT2D eigenvalue weighted by Gasteiger charge is 2.43. The van der Waals surface area contributed by atoms with Crippen LogP contribution in [0.3, 0.4) is 0 Å². The summed E-state index contributed by atoms with van der Waals surface area (Å²) in [6.45, 7) is 6.61. The van der Waals surface area contributed by atoms with E-state index in [0.717, 1.165) is 25.1 Å². The van der Waals surface area contributed by atoms with Gasteiger partial charge in [0.2, 0.25) is 0 Å². The normalized spacial score (nSPS) is 24.1. The van der Waals surface area contributed by atoms with Crippen LogP contribution >= 0.6 is 0 Å². The van der Waals surface area contributed by atoms with Gasteiger partial charge in [0.15, 0.2) is 0 Å². The molecule has 3 rings (SSSR count). The van der Waals surface area contributed by atoms with Crippen LogP contribution in [0, 0.1) is 5.92 Å². The zero-order valence-electron chi connectivity index (χ0n) is 14.6. The van der Waals surface area contributed by atoms with Crippen molar-refractivity contribution in [2.45, 2.75) is 38.6 Å². The number of nitrogens with zero attached hydrogens (tertiary/aromatic N) is 2. The van der Waals surface area contributed by atoms with Crippen molar-refractivity contribution in [1.82, 2.24) is 9.80 Å². The summed E-state index contributed by atoms with van der Waals surface area (Å²) >= 11 is 0. The third-order valence-corrected chi connectivity index (χ3v) is 4.97. The number of carbonyl (C=O) groups excluding carboxylic acids is 1. The number of benzene rings is 1. The fourth-order valence-electron chi connectivity index (χ4n) is 3.42. The van der Waals surface area contributed by atoms with E-state index >= 15 is 0 Å². The molecule has 25 heavy (non-hydrogen) atoms. The first-order chi connectivity index (χ1) is 11.7. The van der Waals surface area contributed by atoms with Crippen LogP contribution in [0.25, 0.3) is 0 Å². The van der Waals surface area contributed by atoms with E-state index in [1.165, 1.54) is 11.0 Å². The van der Waals surface area contributed by atoms with Gasteiger partial charge in [0, 0.05) is 20.1 Å². The lowest BCUT2D eigenvalue weighted by Crippen LogP contribution is -2.44. The molecule has 2 atom stereocenters. The molecule has 0 radical (unpaired) electrons. The van der Waals surface area contributed by atoms with Crippen molar-refractivity contribution in [2.24, 2.45) is 5.92 Å². The molecule has 0 spiro atoms. The van der Waals surface area contributed by atoms with Gasteiger partial charge in [0.1, 0.15) is 11.9 Å². The zero-order chi connectivity index (χ0) is 18.4. The second-order valence-electron chi connectivity index (χ2n) is 7.29. The Hall–Kier alpha value is -1.76. The third-order valence-electron chi connectivity index (χ3n) is 4.97. The van der Waals surface area contributed by atoms with Crippen LogP contribution in [-0.4, -0.2) is 54.5 Å². The van der Waals surface area contributed by atoms with Gasteiger partial charge in [-0.05, 0) is 37.1 Å². The summed E-state index contributed by atoms with van der Waals surface area (Å²) in [5.41, 5.74) is -0.845. The first-order valence-corrected chi connectivity index (χ1v) is 8.54. The Morgan fingerprint density at radius 2 is 2.00 bits per heavy atom. The molecule has 0 saturated carbocycles. The smallest absolute Gasteiger partial charge is 0.416 e. The molecule has 138 valence electrons. The summed E-state index contributed by atoms with van der Waals surface area (Å²) in [6, 6.07) is 2.98. The fraction of sp³-hybridized carbons (Fsp3) is 0.611. The van der Waals surface area contributed by atoms with Gasteiger partial charge < -0.3 is 9.64 Å². The minimum absolute atomic E-state index is 0.0135. The first-order valence-electron chi connectivity index (χ1n) is 8.54. The van der Waals surface area contributed by atoms with Crippen LogP contribution in [0.1, 0.15) is 36.2 Å². The van der Waals surface area contributed by atoms with E-state index in [9.17, 15) is 18.0 Å². The van der Waals surface area contributed by atoms with Gasteiger partial charge in [-0.3, -0.25) is 9.69 Å². The highest BCUT2D eigenvalue weighted by molar-refractivity contribution is 5.97.